The molecule has 0 aliphatic heterocycles. The van der Waals surface area contributed by atoms with Crippen molar-refractivity contribution in [1.82, 2.24) is 5.32 Å². The number of hydrogen-bond acceptors (Lipinski definition) is 3. The third kappa shape index (κ3) is 5.16. The first-order valence-electron chi connectivity index (χ1n) is 7.19. The Labute approximate surface area is 140 Å². The molecule has 0 saturated carbocycles. The van der Waals surface area contributed by atoms with E-state index in [4.69, 9.17) is 21.4 Å². The summed E-state index contributed by atoms with van der Waals surface area (Å²) in [5.74, 6) is 0.632. The van der Waals surface area contributed by atoms with E-state index in [1.807, 2.05) is 24.3 Å². The van der Waals surface area contributed by atoms with E-state index in [0.717, 1.165) is 11.1 Å². The molecule has 0 fully saturated rings. The fourth-order valence-electron chi connectivity index (χ4n) is 2.02. The lowest BCUT2D eigenvalue weighted by Crippen LogP contribution is -2.30. The minimum atomic E-state index is -0.316. The molecular weight excluding hydrogens is 316 g/mol. The van der Waals surface area contributed by atoms with E-state index in [1.54, 1.807) is 25.3 Å². The van der Waals surface area contributed by atoms with Crippen LogP contribution in [-0.4, -0.2) is 24.8 Å². The average molecular weight is 335 g/mol. The number of benzene rings is 2. The van der Waals surface area contributed by atoms with Gasteiger partial charge in [-0.15, -0.1) is 0 Å². The standard InChI is InChI=1S/C17H19ClN2O3/c1-23-14-6-7-16(15(18)10-14)20-17(22)19-9-8-12-2-4-13(11-21)5-3-12/h2-7,10,21H,8-9,11H2,1H3,(H2,19,20,22). The van der Waals surface area contributed by atoms with Crippen LogP contribution in [0.15, 0.2) is 42.5 Å². The van der Waals surface area contributed by atoms with Gasteiger partial charge in [-0.25, -0.2) is 4.79 Å². The number of carbonyl (C=O) groups is 1. The van der Waals surface area contributed by atoms with E-state index in [1.165, 1.54) is 0 Å². The summed E-state index contributed by atoms with van der Waals surface area (Å²) < 4.78 is 5.06. The molecule has 3 N–H and O–H groups in total. The number of urea groups is 1. The second-order valence-electron chi connectivity index (χ2n) is 4.95. The van der Waals surface area contributed by atoms with Gasteiger partial charge < -0.3 is 20.5 Å². The summed E-state index contributed by atoms with van der Waals surface area (Å²) >= 11 is 6.07. The van der Waals surface area contributed by atoms with Crippen molar-refractivity contribution in [2.45, 2.75) is 13.0 Å². The topological polar surface area (TPSA) is 70.6 Å². The zero-order chi connectivity index (χ0) is 16.7. The Morgan fingerprint density at radius 2 is 1.87 bits per heavy atom. The molecule has 0 unspecified atom stereocenters. The van der Waals surface area contributed by atoms with Crippen molar-refractivity contribution in [1.29, 1.82) is 0 Å². The Bertz CT molecular complexity index is 659. The normalized spacial score (nSPS) is 10.2. The molecular formula is C17H19ClN2O3. The smallest absolute Gasteiger partial charge is 0.319 e. The number of rotatable bonds is 6. The van der Waals surface area contributed by atoms with E-state index < -0.39 is 0 Å². The number of ether oxygens (including phenoxy) is 1. The van der Waals surface area contributed by atoms with Gasteiger partial charge in [0.2, 0.25) is 0 Å². The molecule has 0 spiro atoms. The van der Waals surface area contributed by atoms with Crippen molar-refractivity contribution < 1.29 is 14.6 Å². The van der Waals surface area contributed by atoms with Crippen molar-refractivity contribution >= 4 is 23.3 Å². The SMILES string of the molecule is COc1ccc(NC(=O)NCCc2ccc(CO)cc2)c(Cl)c1. The number of aliphatic hydroxyl groups is 1. The van der Waals surface area contributed by atoms with Crippen LogP contribution in [-0.2, 0) is 13.0 Å². The van der Waals surface area contributed by atoms with Gasteiger partial charge in [0.05, 0.1) is 24.4 Å². The van der Waals surface area contributed by atoms with E-state index in [9.17, 15) is 4.79 Å². The summed E-state index contributed by atoms with van der Waals surface area (Å²) in [7, 11) is 1.55. The third-order valence-electron chi connectivity index (χ3n) is 3.33. The summed E-state index contributed by atoms with van der Waals surface area (Å²) in [6.07, 6.45) is 0.704. The summed E-state index contributed by atoms with van der Waals surface area (Å²) in [5, 5.41) is 14.9. The second kappa shape index (κ2) is 8.41. The maximum atomic E-state index is 11.9. The highest BCUT2D eigenvalue weighted by Gasteiger charge is 2.06. The fraction of sp³-hybridized carbons (Fsp3) is 0.235. The lowest BCUT2D eigenvalue weighted by atomic mass is 10.1. The van der Waals surface area contributed by atoms with E-state index in [0.29, 0.717) is 29.4 Å². The molecule has 0 saturated heterocycles. The molecule has 122 valence electrons. The Morgan fingerprint density at radius 3 is 2.48 bits per heavy atom. The van der Waals surface area contributed by atoms with Crippen molar-refractivity contribution in [2.24, 2.45) is 0 Å². The van der Waals surface area contributed by atoms with Crippen LogP contribution in [0.25, 0.3) is 0 Å². The van der Waals surface area contributed by atoms with Gasteiger partial charge in [0.25, 0.3) is 0 Å². The molecule has 0 aliphatic rings. The first-order chi connectivity index (χ1) is 11.1. The first-order valence-corrected chi connectivity index (χ1v) is 7.57. The molecule has 2 rings (SSSR count). The lowest BCUT2D eigenvalue weighted by Gasteiger charge is -2.10. The van der Waals surface area contributed by atoms with E-state index in [2.05, 4.69) is 10.6 Å². The number of halogens is 1. The molecule has 2 aromatic rings. The van der Waals surface area contributed by atoms with Gasteiger partial charge in [0.15, 0.2) is 0 Å². The Morgan fingerprint density at radius 1 is 1.17 bits per heavy atom. The first kappa shape index (κ1) is 17.1. The Balaban J connectivity index is 1.80. The van der Waals surface area contributed by atoms with Gasteiger partial charge in [0.1, 0.15) is 5.75 Å². The maximum absolute atomic E-state index is 11.9. The predicted molar refractivity (Wildman–Crippen MR) is 91.1 cm³/mol. The molecule has 0 bridgehead atoms. The van der Waals surface area contributed by atoms with E-state index in [-0.39, 0.29) is 12.6 Å². The molecule has 0 heterocycles. The van der Waals surface area contributed by atoms with Gasteiger partial charge >= 0.3 is 6.03 Å². The number of methoxy groups -OCH3 is 1. The van der Waals surface area contributed by atoms with Crippen LogP contribution in [0.4, 0.5) is 10.5 Å². The largest absolute Gasteiger partial charge is 0.497 e. The fourth-order valence-corrected chi connectivity index (χ4v) is 2.24. The average Bonchev–Trinajstić information content (AvgIpc) is 2.57. The monoisotopic (exact) mass is 334 g/mol. The van der Waals surface area contributed by atoms with E-state index >= 15 is 0 Å². The molecule has 2 amide bonds. The third-order valence-corrected chi connectivity index (χ3v) is 3.64. The molecule has 0 aliphatic carbocycles. The summed E-state index contributed by atoms with van der Waals surface area (Å²) in [4.78, 5) is 11.9. The van der Waals surface area contributed by atoms with Crippen LogP contribution < -0.4 is 15.4 Å². The van der Waals surface area contributed by atoms with Crippen molar-refractivity contribution in [2.75, 3.05) is 19.0 Å². The van der Waals surface area contributed by atoms with Gasteiger partial charge in [-0.05, 0) is 29.7 Å². The summed E-state index contributed by atoms with van der Waals surface area (Å²) in [6.45, 7) is 0.529. The maximum Gasteiger partial charge on any atom is 0.319 e. The van der Waals surface area contributed by atoms with Gasteiger partial charge in [-0.2, -0.15) is 0 Å². The van der Waals surface area contributed by atoms with Crippen LogP contribution in [0.3, 0.4) is 0 Å². The number of anilines is 1. The minimum Gasteiger partial charge on any atom is -0.497 e. The molecule has 0 atom stereocenters. The van der Waals surface area contributed by atoms with Crippen LogP contribution in [0.1, 0.15) is 11.1 Å². The molecule has 6 heteroatoms. The number of carbonyl (C=O) groups excluding carboxylic acids is 1. The zero-order valence-electron chi connectivity index (χ0n) is 12.8. The Kier molecular flexibility index (Phi) is 6.26. The quantitative estimate of drug-likeness (QED) is 0.759. The highest BCUT2D eigenvalue weighted by Crippen LogP contribution is 2.26. The van der Waals surface area contributed by atoms with Gasteiger partial charge in [-0.3, -0.25) is 0 Å². The molecule has 0 aromatic heterocycles. The highest BCUT2D eigenvalue weighted by atomic mass is 35.5. The summed E-state index contributed by atoms with van der Waals surface area (Å²) in [5.41, 5.74) is 2.48. The summed E-state index contributed by atoms with van der Waals surface area (Å²) in [6, 6.07) is 12.3. The number of hydrogen-bond donors (Lipinski definition) is 3. The Hall–Kier alpha value is -2.24. The predicted octanol–water partition coefficient (Wildman–Crippen LogP) is 3.21. The van der Waals surface area contributed by atoms with Crippen molar-refractivity contribution in [3.8, 4) is 5.75 Å². The zero-order valence-corrected chi connectivity index (χ0v) is 13.6. The van der Waals surface area contributed by atoms with Crippen LogP contribution >= 0.6 is 11.6 Å². The molecule has 2 aromatic carbocycles. The second-order valence-corrected chi connectivity index (χ2v) is 5.36. The van der Waals surface area contributed by atoms with Gasteiger partial charge in [0, 0.05) is 12.6 Å². The number of amides is 2. The number of aliphatic hydroxyl groups excluding tert-OH is 1. The highest BCUT2D eigenvalue weighted by molar-refractivity contribution is 6.33. The molecule has 23 heavy (non-hydrogen) atoms. The number of nitrogens with one attached hydrogen (secondary N) is 2. The lowest BCUT2D eigenvalue weighted by molar-refractivity contribution is 0.252. The molecule has 5 nitrogen and oxygen atoms in total. The minimum absolute atomic E-state index is 0.0313. The van der Waals surface area contributed by atoms with Crippen LogP contribution in [0.2, 0.25) is 5.02 Å². The molecule has 0 radical (unpaired) electrons. The van der Waals surface area contributed by atoms with Crippen molar-refractivity contribution in [3.05, 3.63) is 58.6 Å². The van der Waals surface area contributed by atoms with Gasteiger partial charge in [-0.1, -0.05) is 35.9 Å². The van der Waals surface area contributed by atoms with Crippen LogP contribution in [0, 0.1) is 0 Å². The van der Waals surface area contributed by atoms with Crippen LogP contribution in [0.5, 0.6) is 5.75 Å². The van der Waals surface area contributed by atoms with Crippen molar-refractivity contribution in [3.63, 3.8) is 0 Å².